The monoisotopic (exact) mass is 821 g/mol. The lowest BCUT2D eigenvalue weighted by Gasteiger charge is -2.18. The van der Waals surface area contributed by atoms with Gasteiger partial charge >= 0.3 is 0 Å². The van der Waals surface area contributed by atoms with Crippen molar-refractivity contribution in [3.63, 3.8) is 0 Å². The molecule has 0 fully saturated rings. The van der Waals surface area contributed by atoms with Crippen molar-refractivity contribution in [2.75, 3.05) is 5.32 Å². The van der Waals surface area contributed by atoms with Crippen LogP contribution in [0.1, 0.15) is 0 Å². The van der Waals surface area contributed by atoms with E-state index in [1.807, 2.05) is 11.8 Å². The molecular weight excluding hydrogens is 786 g/mol. The Hall–Kier alpha value is -6.62. The van der Waals surface area contributed by atoms with Crippen LogP contribution in [0.3, 0.4) is 0 Å². The molecule has 284 valence electrons. The fraction of sp³-hybridized carbons (Fsp3) is 0. The predicted molar refractivity (Wildman–Crippen MR) is 261 cm³/mol. The average molecular weight is 822 g/mol. The smallest absolute Gasteiger partial charge is 0.0585 e. The van der Waals surface area contributed by atoms with Crippen molar-refractivity contribution >= 4 is 87.8 Å². The zero-order valence-electron chi connectivity index (χ0n) is 32.4. The van der Waals surface area contributed by atoms with Gasteiger partial charge in [0.25, 0.3) is 0 Å². The summed E-state index contributed by atoms with van der Waals surface area (Å²) < 4.78 is 2.32. The highest BCUT2D eigenvalue weighted by molar-refractivity contribution is 8.00. The molecule has 0 amide bonds. The van der Waals surface area contributed by atoms with Gasteiger partial charge in [0.2, 0.25) is 0 Å². The summed E-state index contributed by atoms with van der Waals surface area (Å²) in [4.78, 5) is 2.36. The number of fused-ring (bicyclic) bond motifs is 5. The van der Waals surface area contributed by atoms with Crippen LogP contribution >= 0.6 is 34.7 Å². The zero-order chi connectivity index (χ0) is 40.0. The highest BCUT2D eigenvalue weighted by atomic mass is 35.5. The van der Waals surface area contributed by atoms with E-state index in [4.69, 9.17) is 11.6 Å². The summed E-state index contributed by atoms with van der Waals surface area (Å²) in [5.74, 6) is 0. The summed E-state index contributed by atoms with van der Waals surface area (Å²) in [6.45, 7) is 0. The van der Waals surface area contributed by atoms with Gasteiger partial charge in [0.05, 0.1) is 15.4 Å². The first-order chi connectivity index (χ1) is 29.7. The maximum Gasteiger partial charge on any atom is 0.0585 e. The molecule has 0 saturated carbocycles. The Labute approximate surface area is 362 Å². The van der Waals surface area contributed by atoms with Gasteiger partial charge in [-0.1, -0.05) is 199 Å². The maximum absolute atomic E-state index is 7.19. The van der Waals surface area contributed by atoms with Crippen molar-refractivity contribution < 1.29 is 0 Å². The summed E-state index contributed by atoms with van der Waals surface area (Å²) in [7, 11) is 0. The van der Waals surface area contributed by atoms with Gasteiger partial charge in [0, 0.05) is 31.0 Å². The van der Waals surface area contributed by atoms with Crippen LogP contribution in [0.5, 0.6) is 0 Å². The van der Waals surface area contributed by atoms with Crippen LogP contribution in [-0.2, 0) is 0 Å². The number of para-hydroxylation sites is 1. The molecule has 1 nitrogen and oxygen atoms in total. The van der Waals surface area contributed by atoms with Crippen molar-refractivity contribution in [1.82, 2.24) is 0 Å². The maximum atomic E-state index is 7.19. The van der Waals surface area contributed by atoms with E-state index in [1.54, 1.807) is 11.3 Å². The fourth-order valence-corrected chi connectivity index (χ4v) is 11.4. The second-order valence-electron chi connectivity index (χ2n) is 15.0. The van der Waals surface area contributed by atoms with Crippen molar-refractivity contribution in [2.45, 2.75) is 9.79 Å². The zero-order valence-corrected chi connectivity index (χ0v) is 34.8. The molecule has 60 heavy (non-hydrogen) atoms. The van der Waals surface area contributed by atoms with Crippen LogP contribution in [0, 0.1) is 0 Å². The lowest BCUT2D eigenvalue weighted by Crippen LogP contribution is -1.95. The van der Waals surface area contributed by atoms with Gasteiger partial charge in [-0.3, -0.25) is 0 Å². The second-order valence-corrected chi connectivity index (χ2v) is 17.5. The second kappa shape index (κ2) is 15.5. The fourth-order valence-electron chi connectivity index (χ4n) is 8.63. The highest BCUT2D eigenvalue weighted by Gasteiger charge is 2.21. The van der Waals surface area contributed by atoms with Gasteiger partial charge in [-0.15, -0.1) is 11.3 Å². The lowest BCUT2D eigenvalue weighted by atomic mass is 9.88. The molecule has 1 aromatic heterocycles. The number of anilines is 2. The quantitative estimate of drug-likeness (QED) is 0.164. The largest absolute Gasteiger partial charge is 0.355 e. The minimum absolute atomic E-state index is 0.766. The Morgan fingerprint density at radius 1 is 0.400 bits per heavy atom. The Balaban J connectivity index is 1.10. The van der Waals surface area contributed by atoms with E-state index >= 15 is 0 Å². The Morgan fingerprint density at radius 2 is 1.00 bits per heavy atom. The summed E-state index contributed by atoms with van der Waals surface area (Å²) in [5.41, 5.74) is 11.7. The van der Waals surface area contributed by atoms with Gasteiger partial charge in [-0.05, 0) is 102 Å². The number of benzene rings is 10. The summed E-state index contributed by atoms with van der Waals surface area (Å²) in [5, 5.41) is 11.9. The van der Waals surface area contributed by atoms with Crippen LogP contribution < -0.4 is 5.32 Å². The highest BCUT2D eigenvalue weighted by Crippen LogP contribution is 2.51. The molecule has 1 heterocycles. The summed E-state index contributed by atoms with van der Waals surface area (Å²) >= 11 is 10.8. The molecule has 0 unspecified atom stereocenters. The molecule has 10 aromatic carbocycles. The van der Waals surface area contributed by atoms with Gasteiger partial charge in [-0.2, -0.15) is 0 Å². The van der Waals surface area contributed by atoms with Gasteiger partial charge in [0.15, 0.2) is 0 Å². The van der Waals surface area contributed by atoms with Crippen molar-refractivity contribution in [2.24, 2.45) is 0 Å². The summed E-state index contributed by atoms with van der Waals surface area (Å²) in [6.07, 6.45) is 0. The predicted octanol–water partition coefficient (Wildman–Crippen LogP) is 17.6. The molecule has 0 aliphatic rings. The number of hydrogen-bond acceptors (Lipinski definition) is 3. The van der Waals surface area contributed by atoms with Crippen molar-refractivity contribution in [1.29, 1.82) is 0 Å². The van der Waals surface area contributed by atoms with E-state index < -0.39 is 0 Å². The lowest BCUT2D eigenvalue weighted by molar-refractivity contribution is 1.40. The molecular formula is C56H36ClNS2. The molecule has 1 N–H and O–H groups in total. The van der Waals surface area contributed by atoms with Crippen molar-refractivity contribution in [3.05, 3.63) is 217 Å². The molecule has 0 aliphatic heterocycles. The van der Waals surface area contributed by atoms with E-state index in [2.05, 4.69) is 218 Å². The van der Waals surface area contributed by atoms with Crippen LogP contribution in [0.15, 0.2) is 222 Å². The Kier molecular flexibility index (Phi) is 9.43. The molecule has 0 atom stereocenters. The van der Waals surface area contributed by atoms with Gasteiger partial charge < -0.3 is 5.32 Å². The SMILES string of the molecule is Clc1ccc(-c2ccc(-c3cccc4ccccc34)cc2-c2ccccc2)c2c1sc1c(Sc3c(Nc4ccccc4)cccc3-c3cccc4ccccc34)cccc12. The number of nitrogens with one attached hydrogen (secondary N) is 1. The third-order valence-electron chi connectivity index (χ3n) is 11.4. The summed E-state index contributed by atoms with van der Waals surface area (Å²) in [6, 6.07) is 76.3. The third-order valence-corrected chi connectivity index (χ3v) is 14.4. The molecule has 0 bridgehead atoms. The molecule has 0 saturated heterocycles. The Morgan fingerprint density at radius 3 is 1.78 bits per heavy atom. The van der Waals surface area contributed by atoms with Crippen LogP contribution in [0.25, 0.3) is 86.2 Å². The van der Waals surface area contributed by atoms with Crippen molar-refractivity contribution in [3.8, 4) is 44.5 Å². The van der Waals surface area contributed by atoms with Crippen LogP contribution in [-0.4, -0.2) is 0 Å². The normalized spacial score (nSPS) is 11.5. The van der Waals surface area contributed by atoms with Crippen LogP contribution in [0.2, 0.25) is 5.02 Å². The molecule has 0 radical (unpaired) electrons. The molecule has 4 heteroatoms. The minimum Gasteiger partial charge on any atom is -0.355 e. The first kappa shape index (κ1) is 36.5. The third kappa shape index (κ3) is 6.52. The first-order valence-electron chi connectivity index (χ1n) is 20.1. The molecule has 11 aromatic rings. The number of thiophene rings is 1. The number of rotatable bonds is 8. The van der Waals surface area contributed by atoms with E-state index in [-0.39, 0.29) is 0 Å². The molecule has 11 rings (SSSR count). The van der Waals surface area contributed by atoms with E-state index in [1.165, 1.54) is 91.3 Å². The molecule has 0 spiro atoms. The van der Waals surface area contributed by atoms with Gasteiger partial charge in [0.1, 0.15) is 0 Å². The van der Waals surface area contributed by atoms with E-state index in [0.29, 0.717) is 0 Å². The molecule has 0 aliphatic carbocycles. The number of hydrogen-bond donors (Lipinski definition) is 1. The van der Waals surface area contributed by atoms with E-state index in [0.717, 1.165) is 21.1 Å². The number of halogens is 1. The van der Waals surface area contributed by atoms with Crippen LogP contribution in [0.4, 0.5) is 11.4 Å². The minimum atomic E-state index is 0.766. The first-order valence-corrected chi connectivity index (χ1v) is 22.1. The Bertz CT molecular complexity index is 3380. The standard InChI is InChI=1S/C56H36ClNS2/c57-50-34-33-46(45-32-31-39(35-49(45)38-15-3-1-4-16-38)43-25-11-19-36-17-7-9-23-41(36)43)53-48-28-14-30-52(55(48)60-56(50)53)59-54-47(44-26-12-20-37-18-8-10-24-42(37)44)27-13-29-51(54)58-40-21-5-2-6-22-40/h1-35,58H. The van der Waals surface area contributed by atoms with Gasteiger partial charge in [-0.25, -0.2) is 0 Å². The average Bonchev–Trinajstić information content (AvgIpc) is 3.71. The topological polar surface area (TPSA) is 12.0 Å². The van der Waals surface area contributed by atoms with E-state index in [9.17, 15) is 0 Å².